The maximum atomic E-state index is 13.7. The van der Waals surface area contributed by atoms with Gasteiger partial charge in [-0.2, -0.15) is 4.52 Å². The Kier molecular flexibility index (Phi) is 4.79. The van der Waals surface area contributed by atoms with Crippen LogP contribution in [0.4, 0.5) is 5.69 Å². The lowest BCUT2D eigenvalue weighted by atomic mass is 10.0. The van der Waals surface area contributed by atoms with Gasteiger partial charge in [0.2, 0.25) is 0 Å². The van der Waals surface area contributed by atoms with E-state index < -0.39 is 0 Å². The number of benzene rings is 2. The van der Waals surface area contributed by atoms with Crippen LogP contribution in [0.3, 0.4) is 0 Å². The molecule has 0 atom stereocenters. The highest BCUT2D eigenvalue weighted by molar-refractivity contribution is 5.86. The third-order valence-electron chi connectivity index (χ3n) is 6.69. The van der Waals surface area contributed by atoms with Gasteiger partial charge in [0.05, 0.1) is 12.0 Å². The van der Waals surface area contributed by atoms with Gasteiger partial charge in [0.25, 0.3) is 5.56 Å². The summed E-state index contributed by atoms with van der Waals surface area (Å²) in [7, 11) is 0. The number of furan rings is 1. The van der Waals surface area contributed by atoms with E-state index in [0.717, 1.165) is 65.1 Å². The van der Waals surface area contributed by atoms with Crippen molar-refractivity contribution in [2.24, 2.45) is 0 Å². The minimum atomic E-state index is -0.0368. The van der Waals surface area contributed by atoms with Gasteiger partial charge in [0.15, 0.2) is 5.65 Å². The second kappa shape index (κ2) is 7.96. The Morgan fingerprint density at radius 2 is 1.85 bits per heavy atom. The number of aromatic amines is 1. The Balaban J connectivity index is 1.51. The first-order valence-electron chi connectivity index (χ1n) is 11.6. The highest BCUT2D eigenvalue weighted by Crippen LogP contribution is 2.34. The van der Waals surface area contributed by atoms with Crippen LogP contribution in [0, 0.1) is 6.92 Å². The molecule has 5 aromatic rings. The van der Waals surface area contributed by atoms with E-state index in [4.69, 9.17) is 9.40 Å². The fourth-order valence-electron chi connectivity index (χ4n) is 4.96. The lowest BCUT2D eigenvalue weighted by Gasteiger charge is -2.28. The van der Waals surface area contributed by atoms with Crippen LogP contribution in [0.2, 0.25) is 0 Å². The van der Waals surface area contributed by atoms with Crippen LogP contribution in [0.1, 0.15) is 36.1 Å². The molecule has 6 heteroatoms. The van der Waals surface area contributed by atoms with Crippen LogP contribution < -0.4 is 10.5 Å². The number of anilines is 1. The summed E-state index contributed by atoms with van der Waals surface area (Å²) in [5, 5.41) is 4.45. The summed E-state index contributed by atoms with van der Waals surface area (Å²) in [5.74, 6) is 0. The molecule has 1 saturated heterocycles. The number of fused-ring (bicyclic) bond motifs is 2. The van der Waals surface area contributed by atoms with E-state index in [1.165, 1.54) is 6.42 Å². The van der Waals surface area contributed by atoms with E-state index in [2.05, 4.69) is 28.2 Å². The molecule has 33 heavy (non-hydrogen) atoms. The van der Waals surface area contributed by atoms with Crippen molar-refractivity contribution in [2.75, 3.05) is 18.0 Å². The molecular weight excluding hydrogens is 412 g/mol. The Morgan fingerprint density at radius 1 is 1.03 bits per heavy atom. The second-order valence-corrected chi connectivity index (χ2v) is 8.86. The largest absolute Gasteiger partial charge is 0.464 e. The highest BCUT2D eigenvalue weighted by Gasteiger charge is 2.24. The average molecular weight is 439 g/mol. The van der Waals surface area contributed by atoms with Crippen molar-refractivity contribution in [3.63, 3.8) is 0 Å². The van der Waals surface area contributed by atoms with Gasteiger partial charge in [-0.3, -0.25) is 9.89 Å². The standard InChI is InChI=1S/C27H26N4O2/c1-18-22(17-19-10-11-23-21(16-19)12-15-33-23)27(32)31-26(28-18)25(30-13-6-3-7-14-30)24(29-31)20-8-4-2-5-9-20/h2,4-5,8-12,15-16,29H,3,6-7,13-14,17H2,1H3. The normalized spacial score (nSPS) is 14.4. The molecular formula is C27H26N4O2. The smallest absolute Gasteiger partial charge is 0.276 e. The minimum Gasteiger partial charge on any atom is -0.464 e. The summed E-state index contributed by atoms with van der Waals surface area (Å²) < 4.78 is 7.10. The van der Waals surface area contributed by atoms with E-state index in [0.29, 0.717) is 17.6 Å². The first kappa shape index (κ1) is 19.9. The number of H-pyrrole nitrogens is 1. The van der Waals surface area contributed by atoms with E-state index in [-0.39, 0.29) is 5.56 Å². The van der Waals surface area contributed by atoms with Gasteiger partial charge in [-0.15, -0.1) is 0 Å². The van der Waals surface area contributed by atoms with Crippen molar-refractivity contribution >= 4 is 22.3 Å². The van der Waals surface area contributed by atoms with Crippen molar-refractivity contribution in [2.45, 2.75) is 32.6 Å². The van der Waals surface area contributed by atoms with E-state index in [9.17, 15) is 4.79 Å². The molecule has 0 bridgehead atoms. The molecule has 0 unspecified atom stereocenters. The predicted molar refractivity (Wildman–Crippen MR) is 131 cm³/mol. The fourth-order valence-corrected chi connectivity index (χ4v) is 4.96. The third kappa shape index (κ3) is 3.42. The molecule has 6 rings (SSSR count). The molecule has 1 aliphatic rings. The summed E-state index contributed by atoms with van der Waals surface area (Å²) in [6, 6.07) is 18.2. The van der Waals surface area contributed by atoms with Gasteiger partial charge in [-0.05, 0) is 49.9 Å². The summed E-state index contributed by atoms with van der Waals surface area (Å²) in [5.41, 5.74) is 7.14. The Labute approximate surface area is 191 Å². The number of hydrogen-bond donors (Lipinski definition) is 1. The zero-order valence-electron chi connectivity index (χ0n) is 18.7. The van der Waals surface area contributed by atoms with E-state index in [1.54, 1.807) is 10.8 Å². The SMILES string of the molecule is Cc1nc2c(N3CCCCC3)c(-c3ccccc3)[nH]n2c(=O)c1Cc1ccc2occc2c1. The minimum absolute atomic E-state index is 0.0368. The zero-order valence-corrected chi connectivity index (χ0v) is 18.7. The maximum Gasteiger partial charge on any atom is 0.276 e. The lowest BCUT2D eigenvalue weighted by Crippen LogP contribution is -2.30. The fraction of sp³-hybridized carbons (Fsp3) is 0.259. The summed E-state index contributed by atoms with van der Waals surface area (Å²) in [6.45, 7) is 3.91. The van der Waals surface area contributed by atoms with Crippen LogP contribution >= 0.6 is 0 Å². The van der Waals surface area contributed by atoms with Gasteiger partial charge in [0.1, 0.15) is 11.3 Å². The Hall–Kier alpha value is -3.80. The van der Waals surface area contributed by atoms with Crippen LogP contribution in [-0.2, 0) is 6.42 Å². The molecule has 6 nitrogen and oxygen atoms in total. The highest BCUT2D eigenvalue weighted by atomic mass is 16.3. The van der Waals surface area contributed by atoms with Crippen molar-refractivity contribution in [3.05, 3.63) is 88.0 Å². The van der Waals surface area contributed by atoms with E-state index >= 15 is 0 Å². The second-order valence-electron chi connectivity index (χ2n) is 8.86. The van der Waals surface area contributed by atoms with Crippen LogP contribution in [-0.4, -0.2) is 27.7 Å². The molecule has 1 N–H and O–H groups in total. The van der Waals surface area contributed by atoms with Crippen LogP contribution in [0.25, 0.3) is 27.9 Å². The molecule has 2 aromatic carbocycles. The van der Waals surface area contributed by atoms with Gasteiger partial charge in [-0.25, -0.2) is 4.98 Å². The molecule has 3 aromatic heterocycles. The van der Waals surface area contributed by atoms with Gasteiger partial charge < -0.3 is 9.32 Å². The monoisotopic (exact) mass is 438 g/mol. The van der Waals surface area contributed by atoms with Gasteiger partial charge in [0, 0.05) is 41.7 Å². The Morgan fingerprint density at radius 3 is 2.67 bits per heavy atom. The average Bonchev–Trinajstić information content (AvgIpc) is 3.47. The van der Waals surface area contributed by atoms with Crippen LogP contribution in [0.5, 0.6) is 0 Å². The summed E-state index contributed by atoms with van der Waals surface area (Å²) in [4.78, 5) is 21.1. The molecule has 4 heterocycles. The van der Waals surface area contributed by atoms with Crippen molar-refractivity contribution in [1.29, 1.82) is 0 Å². The van der Waals surface area contributed by atoms with E-state index in [1.807, 2.05) is 43.3 Å². The number of nitrogens with one attached hydrogen (secondary N) is 1. The molecule has 0 radical (unpaired) electrons. The summed E-state index contributed by atoms with van der Waals surface area (Å²) >= 11 is 0. The Bertz CT molecular complexity index is 1500. The molecule has 166 valence electrons. The van der Waals surface area contributed by atoms with Crippen molar-refractivity contribution < 1.29 is 4.42 Å². The number of aromatic nitrogens is 3. The van der Waals surface area contributed by atoms with Crippen molar-refractivity contribution in [1.82, 2.24) is 14.6 Å². The van der Waals surface area contributed by atoms with Crippen molar-refractivity contribution in [3.8, 4) is 11.3 Å². The number of aryl methyl sites for hydroxylation is 1. The number of nitrogens with zero attached hydrogens (tertiary/aromatic N) is 3. The predicted octanol–water partition coefficient (Wildman–Crippen LogP) is 5.33. The molecule has 0 spiro atoms. The quantitative estimate of drug-likeness (QED) is 0.412. The number of rotatable bonds is 4. The van der Waals surface area contributed by atoms with Gasteiger partial charge >= 0.3 is 0 Å². The molecule has 0 aliphatic carbocycles. The topological polar surface area (TPSA) is 66.5 Å². The first-order chi connectivity index (χ1) is 16.2. The molecule has 1 aliphatic heterocycles. The molecule has 1 fully saturated rings. The number of piperidine rings is 1. The van der Waals surface area contributed by atoms with Crippen LogP contribution in [0.15, 0.2) is 70.1 Å². The van der Waals surface area contributed by atoms with Gasteiger partial charge in [-0.1, -0.05) is 36.4 Å². The zero-order chi connectivity index (χ0) is 22.4. The lowest BCUT2D eigenvalue weighted by molar-refractivity contribution is 0.579. The molecule has 0 saturated carbocycles. The molecule has 0 amide bonds. The first-order valence-corrected chi connectivity index (χ1v) is 11.6. The maximum absolute atomic E-state index is 13.7. The third-order valence-corrected chi connectivity index (χ3v) is 6.69. The number of hydrogen-bond acceptors (Lipinski definition) is 4. The summed E-state index contributed by atoms with van der Waals surface area (Å²) in [6.07, 6.45) is 5.78.